The molecule has 2 saturated carbocycles. The van der Waals surface area contributed by atoms with Gasteiger partial charge in [-0.15, -0.1) is 0 Å². The van der Waals surface area contributed by atoms with Gasteiger partial charge >= 0.3 is 6.03 Å². The van der Waals surface area contributed by atoms with Gasteiger partial charge < -0.3 is 14.0 Å². The summed E-state index contributed by atoms with van der Waals surface area (Å²) < 4.78 is 7.75. The van der Waals surface area contributed by atoms with Gasteiger partial charge in [0.2, 0.25) is 17.8 Å². The molecule has 15 heteroatoms. The molecule has 0 spiro atoms. The number of hydrogen-bond donors (Lipinski definition) is 1. The van der Waals surface area contributed by atoms with Gasteiger partial charge in [0.15, 0.2) is 17.2 Å². The van der Waals surface area contributed by atoms with Crippen molar-refractivity contribution >= 4 is 52.5 Å². The molecule has 224 valence electrons. The van der Waals surface area contributed by atoms with E-state index in [-0.39, 0.29) is 42.2 Å². The summed E-state index contributed by atoms with van der Waals surface area (Å²) in [6.45, 7) is 1.38. The minimum absolute atomic E-state index is 0.0166. The standard InChI is InChI=1S/C29H27ClN10O4/c1-37-23(41)14-40(29(37)43)20-8-16(15-2-3-15)11-39-13-17(33-25(20)39)12-38-6-7-44-21-10-32-28(35-26(21)38)36-27(42)19-9-18(19)24-31-5-4-22(30)34-24/h4-5,8,10-11,13,15,18-19H,2-3,6-7,9,12,14H2,1H3,(H,32,35,36,42)/t18-,19-/m0/s1. The van der Waals surface area contributed by atoms with Crippen molar-refractivity contribution in [3.05, 3.63) is 59.2 Å². The third-order valence-electron chi connectivity index (χ3n) is 8.47. The number of hydrogen-bond acceptors (Lipinski definition) is 10. The molecule has 3 fully saturated rings. The number of urea groups is 1. The predicted molar refractivity (Wildman–Crippen MR) is 158 cm³/mol. The number of aromatic nitrogens is 6. The van der Waals surface area contributed by atoms with Crippen molar-refractivity contribution in [1.82, 2.24) is 34.2 Å². The normalized spacial score (nSPS) is 21.1. The SMILES string of the molecule is CN1C(=O)CN(c2cc(C3CC3)cn3cc(CN4CCOc5cnc(NC(=O)[C@H]6C[C@@H]6c6nccc(Cl)n6)nc54)nc23)C1=O. The van der Waals surface area contributed by atoms with Gasteiger partial charge in [0.25, 0.3) is 0 Å². The molecule has 4 aliphatic rings. The first-order chi connectivity index (χ1) is 21.3. The van der Waals surface area contributed by atoms with Crippen LogP contribution in [0.3, 0.4) is 0 Å². The topological polar surface area (TPSA) is 151 Å². The molecule has 14 nitrogen and oxygen atoms in total. The van der Waals surface area contributed by atoms with Gasteiger partial charge in [-0.1, -0.05) is 11.6 Å². The van der Waals surface area contributed by atoms with E-state index in [4.69, 9.17) is 21.3 Å². The zero-order chi connectivity index (χ0) is 30.1. The number of carbonyl (C=O) groups excluding carboxylic acids is 3. The van der Waals surface area contributed by atoms with Crippen LogP contribution in [0.25, 0.3) is 5.65 Å². The van der Waals surface area contributed by atoms with Crippen molar-refractivity contribution < 1.29 is 19.1 Å². The van der Waals surface area contributed by atoms with Gasteiger partial charge in [0.05, 0.1) is 30.7 Å². The van der Waals surface area contributed by atoms with Gasteiger partial charge in [-0.2, -0.15) is 4.98 Å². The van der Waals surface area contributed by atoms with Gasteiger partial charge in [0.1, 0.15) is 24.1 Å². The third kappa shape index (κ3) is 4.75. The Morgan fingerprint density at radius 2 is 2.02 bits per heavy atom. The van der Waals surface area contributed by atoms with Crippen LogP contribution in [-0.4, -0.2) is 78.8 Å². The Morgan fingerprint density at radius 3 is 2.80 bits per heavy atom. The second-order valence-corrected chi connectivity index (χ2v) is 11.9. The van der Waals surface area contributed by atoms with Gasteiger partial charge in [0, 0.05) is 37.5 Å². The molecular weight excluding hydrogens is 588 g/mol. The second-order valence-electron chi connectivity index (χ2n) is 11.5. The fourth-order valence-electron chi connectivity index (χ4n) is 5.83. The number of imide groups is 1. The lowest BCUT2D eigenvalue weighted by atomic mass is 10.1. The van der Waals surface area contributed by atoms with Crippen LogP contribution >= 0.6 is 11.6 Å². The van der Waals surface area contributed by atoms with E-state index in [1.807, 2.05) is 21.6 Å². The molecule has 44 heavy (non-hydrogen) atoms. The first-order valence-corrected chi connectivity index (χ1v) is 14.8. The van der Waals surface area contributed by atoms with Crippen LogP contribution in [0.1, 0.15) is 48.2 Å². The Balaban J connectivity index is 1.04. The molecule has 8 rings (SSSR count). The summed E-state index contributed by atoms with van der Waals surface area (Å²) in [4.78, 5) is 65.2. The maximum absolute atomic E-state index is 13.0. The number of anilines is 3. The number of fused-ring (bicyclic) bond motifs is 2. The molecular formula is C29H27ClN10O4. The molecule has 0 radical (unpaired) electrons. The van der Waals surface area contributed by atoms with Crippen molar-refractivity contribution in [3.63, 3.8) is 0 Å². The Labute approximate surface area is 256 Å². The fraction of sp³-hybridized carbons (Fsp3) is 0.379. The summed E-state index contributed by atoms with van der Waals surface area (Å²) in [7, 11) is 1.49. The van der Waals surface area contributed by atoms with E-state index in [0.29, 0.717) is 65.9 Å². The number of likely N-dealkylation sites (N-methyl/N-ethyl adjacent to an activating group) is 1. The molecule has 2 aliphatic carbocycles. The first kappa shape index (κ1) is 26.8. The van der Waals surface area contributed by atoms with E-state index in [0.717, 1.165) is 29.0 Å². The van der Waals surface area contributed by atoms with Crippen LogP contribution < -0.4 is 19.9 Å². The van der Waals surface area contributed by atoms with Crippen molar-refractivity contribution in [3.8, 4) is 5.75 Å². The van der Waals surface area contributed by atoms with E-state index in [1.165, 1.54) is 11.9 Å². The Kier molecular flexibility index (Phi) is 6.15. The average molecular weight is 615 g/mol. The third-order valence-corrected chi connectivity index (χ3v) is 8.68. The zero-order valence-electron chi connectivity index (χ0n) is 23.7. The summed E-state index contributed by atoms with van der Waals surface area (Å²) >= 11 is 5.99. The van der Waals surface area contributed by atoms with Gasteiger partial charge in [-0.3, -0.25) is 24.7 Å². The van der Waals surface area contributed by atoms with E-state index >= 15 is 0 Å². The van der Waals surface area contributed by atoms with Crippen LogP contribution in [0.4, 0.5) is 22.2 Å². The molecule has 4 aromatic heterocycles. The van der Waals surface area contributed by atoms with Crippen molar-refractivity contribution in [2.45, 2.75) is 37.6 Å². The van der Waals surface area contributed by atoms with Crippen LogP contribution in [0.15, 0.2) is 36.9 Å². The first-order valence-electron chi connectivity index (χ1n) is 14.5. The molecule has 1 saturated heterocycles. The summed E-state index contributed by atoms with van der Waals surface area (Å²) in [5.74, 6) is 1.38. The minimum atomic E-state index is -0.361. The monoisotopic (exact) mass is 614 g/mol. The van der Waals surface area contributed by atoms with Crippen LogP contribution in [0, 0.1) is 5.92 Å². The number of imidazole rings is 1. The molecule has 2 aliphatic heterocycles. The van der Waals surface area contributed by atoms with Crippen LogP contribution in [0.5, 0.6) is 5.75 Å². The summed E-state index contributed by atoms with van der Waals surface area (Å²) in [6, 6.07) is 3.23. The average Bonchev–Trinajstić information content (AvgIpc) is 3.94. The number of pyridine rings is 1. The molecule has 2 atom stereocenters. The number of carbonyl (C=O) groups is 3. The number of amides is 4. The lowest BCUT2D eigenvalue weighted by Gasteiger charge is -2.29. The molecule has 0 aromatic carbocycles. The van der Waals surface area contributed by atoms with Gasteiger partial charge in [-0.05, 0) is 42.9 Å². The molecule has 1 N–H and O–H groups in total. The number of nitrogens with zero attached hydrogens (tertiary/aromatic N) is 9. The van der Waals surface area contributed by atoms with Crippen molar-refractivity contribution in [1.29, 1.82) is 0 Å². The maximum Gasteiger partial charge on any atom is 0.331 e. The predicted octanol–water partition coefficient (Wildman–Crippen LogP) is 2.98. The molecule has 6 heterocycles. The lowest BCUT2D eigenvalue weighted by molar-refractivity contribution is -0.124. The van der Waals surface area contributed by atoms with E-state index < -0.39 is 0 Å². The fourth-order valence-corrected chi connectivity index (χ4v) is 5.97. The zero-order valence-corrected chi connectivity index (χ0v) is 24.4. The summed E-state index contributed by atoms with van der Waals surface area (Å²) in [5, 5.41) is 3.17. The Bertz CT molecular complexity index is 1860. The van der Waals surface area contributed by atoms with Crippen molar-refractivity contribution in [2.24, 2.45) is 5.92 Å². The van der Waals surface area contributed by atoms with E-state index in [9.17, 15) is 14.4 Å². The Morgan fingerprint density at radius 1 is 1.16 bits per heavy atom. The second kappa shape index (κ2) is 10.1. The highest BCUT2D eigenvalue weighted by Gasteiger charge is 2.46. The lowest BCUT2D eigenvalue weighted by Crippen LogP contribution is -2.33. The Hall–Kier alpha value is -4.85. The quantitative estimate of drug-likeness (QED) is 0.243. The van der Waals surface area contributed by atoms with Crippen LogP contribution in [0.2, 0.25) is 5.15 Å². The molecule has 0 unspecified atom stereocenters. The van der Waals surface area contributed by atoms with Crippen LogP contribution in [-0.2, 0) is 16.1 Å². The van der Waals surface area contributed by atoms with E-state index in [1.54, 1.807) is 18.5 Å². The number of halogens is 1. The number of ether oxygens (including phenoxy) is 1. The molecule has 4 amide bonds. The molecule has 0 bridgehead atoms. The van der Waals surface area contributed by atoms with Gasteiger partial charge in [-0.25, -0.2) is 24.7 Å². The van der Waals surface area contributed by atoms with Crippen molar-refractivity contribution in [2.75, 3.05) is 41.9 Å². The largest absolute Gasteiger partial charge is 0.486 e. The summed E-state index contributed by atoms with van der Waals surface area (Å²) in [6.07, 6.45) is 9.96. The highest BCUT2D eigenvalue weighted by molar-refractivity contribution is 6.29. The highest BCUT2D eigenvalue weighted by Crippen LogP contribution is 2.47. The maximum atomic E-state index is 13.0. The number of rotatable bonds is 7. The number of nitrogens with one attached hydrogen (secondary N) is 1. The van der Waals surface area contributed by atoms with E-state index in [2.05, 4.69) is 31.4 Å². The summed E-state index contributed by atoms with van der Waals surface area (Å²) in [5.41, 5.74) is 3.10. The highest BCUT2D eigenvalue weighted by atomic mass is 35.5. The minimum Gasteiger partial charge on any atom is -0.486 e. The smallest absolute Gasteiger partial charge is 0.331 e. The molecule has 4 aromatic rings.